The quantitative estimate of drug-likeness (QED) is 0.415. The van der Waals surface area contributed by atoms with Gasteiger partial charge in [-0.1, -0.05) is 6.07 Å². The van der Waals surface area contributed by atoms with E-state index in [9.17, 15) is 4.39 Å². The molecule has 0 N–H and O–H groups in total. The van der Waals surface area contributed by atoms with Crippen LogP contribution in [0.2, 0.25) is 0 Å². The largest absolute Gasteiger partial charge is 0.493 e. The molecule has 0 radical (unpaired) electrons. The molecule has 0 saturated heterocycles. The van der Waals surface area contributed by atoms with Crippen LogP contribution in [0.4, 0.5) is 4.39 Å². The monoisotopic (exact) mass is 415 g/mol. The highest BCUT2D eigenvalue weighted by molar-refractivity contribution is 7.07. The summed E-state index contributed by atoms with van der Waals surface area (Å²) in [6.45, 7) is 1.02. The lowest BCUT2D eigenvalue weighted by molar-refractivity contribution is 0.207. The van der Waals surface area contributed by atoms with Gasteiger partial charge >= 0.3 is 0 Å². The van der Waals surface area contributed by atoms with Crippen molar-refractivity contribution in [2.75, 3.05) is 34.5 Å². The van der Waals surface area contributed by atoms with Crippen LogP contribution in [0.1, 0.15) is 5.56 Å². The van der Waals surface area contributed by atoms with E-state index in [4.69, 9.17) is 14.2 Å². The van der Waals surface area contributed by atoms with Crippen LogP contribution < -0.4 is 14.3 Å². The first-order chi connectivity index (χ1) is 14.2. The lowest BCUT2D eigenvalue weighted by atomic mass is 10.2. The average Bonchev–Trinajstić information content (AvgIpc) is 3.15. The Hall–Kier alpha value is -2.97. The predicted molar refractivity (Wildman–Crippen MR) is 113 cm³/mol. The second-order valence-corrected chi connectivity index (χ2v) is 6.76. The van der Waals surface area contributed by atoms with Gasteiger partial charge in [-0.05, 0) is 36.4 Å². The maximum atomic E-state index is 13.3. The van der Waals surface area contributed by atoms with Crippen molar-refractivity contribution >= 4 is 17.6 Å². The first-order valence-corrected chi connectivity index (χ1v) is 9.77. The summed E-state index contributed by atoms with van der Waals surface area (Å²) < 4.78 is 31.0. The third kappa shape index (κ3) is 4.90. The summed E-state index contributed by atoms with van der Waals surface area (Å²) in [6.07, 6.45) is 1.69. The lowest BCUT2D eigenvalue weighted by Gasteiger charge is -2.10. The Morgan fingerprint density at radius 2 is 1.86 bits per heavy atom. The predicted octanol–water partition coefficient (Wildman–Crippen LogP) is 3.80. The Bertz CT molecular complexity index is 1040. The molecular weight excluding hydrogens is 393 g/mol. The van der Waals surface area contributed by atoms with Gasteiger partial charge in [-0.25, -0.2) is 9.07 Å². The first-order valence-electron chi connectivity index (χ1n) is 8.89. The van der Waals surface area contributed by atoms with Crippen LogP contribution in [-0.4, -0.2) is 45.4 Å². The second-order valence-electron chi connectivity index (χ2n) is 5.92. The topological polar surface area (TPSA) is 57.3 Å². The number of hydrogen-bond donors (Lipinski definition) is 0. The number of nitrogens with zero attached hydrogens (tertiary/aromatic N) is 3. The minimum atomic E-state index is -0.287. The summed E-state index contributed by atoms with van der Waals surface area (Å²) in [7, 11) is 4.81. The van der Waals surface area contributed by atoms with Crippen LogP contribution in [0.3, 0.4) is 0 Å². The van der Waals surface area contributed by atoms with Crippen molar-refractivity contribution in [1.29, 1.82) is 0 Å². The molecule has 0 aliphatic rings. The maximum absolute atomic E-state index is 13.3. The van der Waals surface area contributed by atoms with E-state index < -0.39 is 0 Å². The van der Waals surface area contributed by atoms with Gasteiger partial charge in [0.25, 0.3) is 0 Å². The number of para-hydroxylation sites is 1. The fraction of sp³-hybridized carbons (Fsp3) is 0.238. The molecule has 3 rings (SSSR count). The number of hydrogen-bond acceptors (Lipinski definition) is 6. The summed E-state index contributed by atoms with van der Waals surface area (Å²) in [5.74, 6) is 0.927. The van der Waals surface area contributed by atoms with E-state index in [0.29, 0.717) is 29.5 Å². The standard InChI is InChI=1S/C21H22FN3O3S/c1-26-12-11-23-21-25(18(14-29-21)15-7-9-17(22)10-8-15)24-13-16-5-4-6-19(27-2)20(16)28-3/h4-10,13-14H,11-12H2,1-3H3/b23-21?,24-13-. The fourth-order valence-corrected chi connectivity index (χ4v) is 3.57. The average molecular weight is 415 g/mol. The third-order valence-corrected chi connectivity index (χ3v) is 4.97. The highest BCUT2D eigenvalue weighted by Gasteiger charge is 2.10. The Morgan fingerprint density at radius 3 is 2.55 bits per heavy atom. The maximum Gasteiger partial charge on any atom is 0.206 e. The van der Waals surface area contributed by atoms with Gasteiger partial charge < -0.3 is 14.2 Å². The summed E-state index contributed by atoms with van der Waals surface area (Å²) in [5.41, 5.74) is 2.41. The van der Waals surface area contributed by atoms with E-state index in [1.807, 2.05) is 23.6 Å². The molecule has 0 bridgehead atoms. The molecule has 0 aliphatic carbocycles. The first kappa shape index (κ1) is 20.8. The Balaban J connectivity index is 2.07. The van der Waals surface area contributed by atoms with E-state index in [0.717, 1.165) is 16.8 Å². The number of aromatic nitrogens is 1. The van der Waals surface area contributed by atoms with Crippen LogP contribution in [0.15, 0.2) is 57.9 Å². The van der Waals surface area contributed by atoms with Crippen LogP contribution in [-0.2, 0) is 4.74 Å². The number of rotatable bonds is 8. The number of ether oxygens (including phenoxy) is 3. The zero-order valence-corrected chi connectivity index (χ0v) is 17.3. The molecule has 0 atom stereocenters. The van der Waals surface area contributed by atoms with Gasteiger partial charge in [0.15, 0.2) is 11.5 Å². The van der Waals surface area contributed by atoms with Gasteiger partial charge in [-0.15, -0.1) is 11.3 Å². The van der Waals surface area contributed by atoms with Gasteiger partial charge in [0, 0.05) is 23.6 Å². The molecule has 0 spiro atoms. The summed E-state index contributed by atoms with van der Waals surface area (Å²) in [5, 5.41) is 6.58. The molecule has 0 unspecified atom stereocenters. The van der Waals surface area contributed by atoms with Crippen LogP contribution in [0.25, 0.3) is 11.3 Å². The Morgan fingerprint density at radius 1 is 1.07 bits per heavy atom. The van der Waals surface area contributed by atoms with Crippen molar-refractivity contribution < 1.29 is 18.6 Å². The SMILES string of the molecule is COCCN=c1scc(-c2ccc(F)cc2)n1/N=C\c1cccc(OC)c1OC. The van der Waals surface area contributed by atoms with Crippen LogP contribution >= 0.6 is 11.3 Å². The molecule has 0 amide bonds. The summed E-state index contributed by atoms with van der Waals surface area (Å²) >= 11 is 1.46. The molecule has 0 aliphatic heterocycles. The zero-order valence-electron chi connectivity index (χ0n) is 16.5. The molecule has 3 aromatic rings. The highest BCUT2D eigenvalue weighted by Crippen LogP contribution is 2.29. The Kier molecular flexibility index (Phi) is 7.15. The number of methoxy groups -OCH3 is 3. The minimum Gasteiger partial charge on any atom is -0.493 e. The van der Waals surface area contributed by atoms with E-state index in [2.05, 4.69) is 10.1 Å². The normalized spacial score (nSPS) is 11.9. The Labute approximate surface area is 172 Å². The van der Waals surface area contributed by atoms with Gasteiger partial charge in [0.05, 0.1) is 39.3 Å². The van der Waals surface area contributed by atoms with Crippen molar-refractivity contribution in [1.82, 2.24) is 4.68 Å². The summed E-state index contributed by atoms with van der Waals surface area (Å²) in [4.78, 5) is 5.27. The molecule has 29 heavy (non-hydrogen) atoms. The van der Waals surface area contributed by atoms with Gasteiger partial charge in [0.2, 0.25) is 4.80 Å². The molecule has 6 nitrogen and oxygen atoms in total. The number of benzene rings is 2. The van der Waals surface area contributed by atoms with Crippen molar-refractivity contribution in [3.8, 4) is 22.8 Å². The molecular formula is C21H22FN3O3S. The second kappa shape index (κ2) is 9.99. The van der Waals surface area contributed by atoms with Crippen LogP contribution in [0, 0.1) is 5.82 Å². The molecule has 2 aromatic carbocycles. The number of halogens is 1. The van der Waals surface area contributed by atoms with E-state index in [1.165, 1.54) is 23.5 Å². The molecule has 0 fully saturated rings. The van der Waals surface area contributed by atoms with Crippen LogP contribution in [0.5, 0.6) is 11.5 Å². The van der Waals surface area contributed by atoms with E-state index >= 15 is 0 Å². The van der Waals surface area contributed by atoms with Crippen molar-refractivity contribution in [3.63, 3.8) is 0 Å². The molecule has 8 heteroatoms. The van der Waals surface area contributed by atoms with Gasteiger partial charge in [0.1, 0.15) is 5.82 Å². The smallest absolute Gasteiger partial charge is 0.206 e. The van der Waals surface area contributed by atoms with Gasteiger partial charge in [-0.2, -0.15) is 5.10 Å². The molecule has 0 saturated carbocycles. The molecule has 1 aromatic heterocycles. The van der Waals surface area contributed by atoms with Crippen molar-refractivity contribution in [3.05, 3.63) is 64.0 Å². The fourth-order valence-electron chi connectivity index (χ4n) is 2.70. The van der Waals surface area contributed by atoms with E-state index in [1.54, 1.807) is 44.4 Å². The minimum absolute atomic E-state index is 0.287. The van der Waals surface area contributed by atoms with Gasteiger partial charge in [-0.3, -0.25) is 4.99 Å². The van der Waals surface area contributed by atoms with Crippen molar-refractivity contribution in [2.45, 2.75) is 0 Å². The van der Waals surface area contributed by atoms with Crippen molar-refractivity contribution in [2.24, 2.45) is 10.1 Å². The number of thiazole rings is 1. The lowest BCUT2D eigenvalue weighted by Crippen LogP contribution is -2.14. The van der Waals surface area contributed by atoms with E-state index in [-0.39, 0.29) is 5.82 Å². The zero-order chi connectivity index (χ0) is 20.6. The highest BCUT2D eigenvalue weighted by atomic mass is 32.1. The molecule has 1 heterocycles. The summed E-state index contributed by atoms with van der Waals surface area (Å²) in [6, 6.07) is 11.9. The molecule has 152 valence electrons. The third-order valence-electron chi connectivity index (χ3n) is 4.11.